The zero-order valence-corrected chi connectivity index (χ0v) is 21.0. The second-order valence-corrected chi connectivity index (χ2v) is 10.0. The number of carbonyl (C=O) groups is 1. The van der Waals surface area contributed by atoms with Gasteiger partial charge in [-0.1, -0.05) is 0 Å². The number of aromatic nitrogens is 3. The van der Waals surface area contributed by atoms with Crippen molar-refractivity contribution in [2.45, 2.75) is 36.8 Å². The van der Waals surface area contributed by atoms with Crippen LogP contribution in [0, 0.1) is 11.6 Å². The lowest BCUT2D eigenvalue weighted by molar-refractivity contribution is -0.202. The molecule has 2 aliphatic rings. The number of benzene rings is 1. The Kier molecular flexibility index (Phi) is 7.07. The Balaban J connectivity index is 1.35. The highest BCUT2D eigenvalue weighted by molar-refractivity contribution is 7.13. The molecule has 198 valence electrons. The van der Waals surface area contributed by atoms with E-state index in [2.05, 4.69) is 15.4 Å². The van der Waals surface area contributed by atoms with Crippen molar-refractivity contribution in [1.82, 2.24) is 14.8 Å². The number of hydrogen-bond donors (Lipinski definition) is 2. The van der Waals surface area contributed by atoms with Crippen LogP contribution >= 0.6 is 11.3 Å². The molecule has 9 nitrogen and oxygen atoms in total. The van der Waals surface area contributed by atoms with Crippen LogP contribution < -0.4 is 11.1 Å². The number of thiazole rings is 1. The molecule has 3 atom stereocenters. The Bertz CT molecular complexity index is 1270. The number of ether oxygens (including phenoxy) is 3. The van der Waals surface area contributed by atoms with E-state index in [1.807, 2.05) is 0 Å². The number of amides is 1. The van der Waals surface area contributed by atoms with Crippen LogP contribution in [0.1, 0.15) is 40.7 Å². The summed E-state index contributed by atoms with van der Waals surface area (Å²) in [6.45, 7) is 0.244. The SMILES string of the molecule is COC1(c2cc(F)c(-c3nc(C(=O)Nc4cnn(C)c4[C@@H]4CC[C@@H](N)[C@H](F)CO4)cs3)c(F)c2)COC1. The summed E-state index contributed by atoms with van der Waals surface area (Å²) in [4.78, 5) is 17.1. The van der Waals surface area contributed by atoms with Gasteiger partial charge < -0.3 is 25.3 Å². The molecule has 0 bridgehead atoms. The molecule has 5 rings (SSSR count). The van der Waals surface area contributed by atoms with Gasteiger partial charge in [-0.15, -0.1) is 11.3 Å². The molecule has 4 heterocycles. The zero-order valence-electron chi connectivity index (χ0n) is 20.2. The minimum atomic E-state index is -1.28. The standard InChI is InChI=1S/C24H26F3N5O4S/c1-32-21(19-4-3-16(28)15(27)8-36-19)17(7-29-32)30-22(33)18-9-37-23(31-18)20-13(25)5-12(6-14(20)26)24(34-2)10-35-11-24/h5-7,9,15-16,19H,3-4,8,10-11,28H2,1-2H3,(H,30,33)/t15-,16-,19+/m1/s1. The molecule has 1 amide bonds. The molecule has 0 saturated carbocycles. The molecule has 13 heteroatoms. The average Bonchev–Trinajstić information content (AvgIpc) is 3.41. The zero-order chi connectivity index (χ0) is 26.3. The molecule has 0 aliphatic carbocycles. The number of nitrogens with two attached hydrogens (primary N) is 1. The first kappa shape index (κ1) is 25.8. The van der Waals surface area contributed by atoms with Crippen molar-refractivity contribution < 1.29 is 32.2 Å². The summed E-state index contributed by atoms with van der Waals surface area (Å²) < 4.78 is 61.8. The molecule has 37 heavy (non-hydrogen) atoms. The van der Waals surface area contributed by atoms with Gasteiger partial charge in [0.1, 0.15) is 40.2 Å². The third-order valence-electron chi connectivity index (χ3n) is 6.80. The molecule has 3 N–H and O–H groups in total. The average molecular weight is 538 g/mol. The second-order valence-electron chi connectivity index (χ2n) is 9.14. The maximum Gasteiger partial charge on any atom is 0.275 e. The van der Waals surface area contributed by atoms with Gasteiger partial charge in [-0.3, -0.25) is 9.48 Å². The first-order valence-corrected chi connectivity index (χ1v) is 12.5. The first-order chi connectivity index (χ1) is 17.7. The first-order valence-electron chi connectivity index (χ1n) is 11.6. The topological polar surface area (TPSA) is 114 Å². The largest absolute Gasteiger partial charge is 0.375 e. The summed E-state index contributed by atoms with van der Waals surface area (Å²) in [6, 6.07) is 1.78. The number of carbonyl (C=O) groups excluding carboxylic acids is 1. The van der Waals surface area contributed by atoms with E-state index in [9.17, 15) is 18.0 Å². The molecule has 2 saturated heterocycles. The molecule has 0 radical (unpaired) electrons. The van der Waals surface area contributed by atoms with Gasteiger partial charge in [0.05, 0.1) is 43.0 Å². The number of rotatable bonds is 6. The number of hydrogen-bond acceptors (Lipinski definition) is 8. The van der Waals surface area contributed by atoms with E-state index in [1.165, 1.54) is 30.8 Å². The molecule has 2 aromatic heterocycles. The number of alkyl halides is 1. The summed E-state index contributed by atoms with van der Waals surface area (Å²) in [7, 11) is 3.14. The summed E-state index contributed by atoms with van der Waals surface area (Å²) >= 11 is 0.940. The van der Waals surface area contributed by atoms with Crippen molar-refractivity contribution in [3.63, 3.8) is 0 Å². The number of anilines is 1. The molecule has 0 spiro atoms. The Morgan fingerprint density at radius 1 is 1.30 bits per heavy atom. The van der Waals surface area contributed by atoms with Crippen LogP contribution in [0.3, 0.4) is 0 Å². The highest BCUT2D eigenvalue weighted by atomic mass is 32.1. The van der Waals surface area contributed by atoms with Gasteiger partial charge >= 0.3 is 0 Å². The van der Waals surface area contributed by atoms with Crippen LogP contribution in [0.25, 0.3) is 10.6 Å². The number of methoxy groups -OCH3 is 1. The summed E-state index contributed by atoms with van der Waals surface area (Å²) in [6.07, 6.45) is 0.528. The fourth-order valence-electron chi connectivity index (χ4n) is 4.49. The fourth-order valence-corrected chi connectivity index (χ4v) is 5.34. The quantitative estimate of drug-likeness (QED) is 0.495. The molecule has 2 fully saturated rings. The molecular weight excluding hydrogens is 511 g/mol. The van der Waals surface area contributed by atoms with Crippen molar-refractivity contribution in [3.05, 3.63) is 52.3 Å². The van der Waals surface area contributed by atoms with Crippen molar-refractivity contribution in [3.8, 4) is 10.6 Å². The Morgan fingerprint density at radius 2 is 2.03 bits per heavy atom. The van der Waals surface area contributed by atoms with E-state index in [-0.39, 0.29) is 36.1 Å². The number of aryl methyl sites for hydroxylation is 1. The van der Waals surface area contributed by atoms with Gasteiger partial charge in [0.25, 0.3) is 5.91 Å². The number of halogens is 3. The smallest absolute Gasteiger partial charge is 0.275 e. The third kappa shape index (κ3) is 4.77. The fraction of sp³-hybridized carbons (Fsp3) is 0.458. The van der Waals surface area contributed by atoms with Gasteiger partial charge in [0.15, 0.2) is 0 Å². The maximum atomic E-state index is 15.0. The second kappa shape index (κ2) is 10.1. The van der Waals surface area contributed by atoms with Crippen LogP contribution in [0.4, 0.5) is 18.9 Å². The Hall–Kier alpha value is -2.84. The lowest BCUT2D eigenvalue weighted by Gasteiger charge is -2.40. The van der Waals surface area contributed by atoms with Crippen LogP contribution in [-0.4, -0.2) is 59.8 Å². The van der Waals surface area contributed by atoms with Gasteiger partial charge in [0.2, 0.25) is 0 Å². The minimum Gasteiger partial charge on any atom is -0.375 e. The molecule has 1 aromatic carbocycles. The predicted molar refractivity (Wildman–Crippen MR) is 129 cm³/mol. The molecule has 2 aliphatic heterocycles. The van der Waals surface area contributed by atoms with Crippen LogP contribution in [0.2, 0.25) is 0 Å². The van der Waals surface area contributed by atoms with Crippen LogP contribution in [0.5, 0.6) is 0 Å². The summed E-state index contributed by atoms with van der Waals surface area (Å²) in [5.41, 5.74) is 5.85. The van der Waals surface area contributed by atoms with E-state index < -0.39 is 41.5 Å². The van der Waals surface area contributed by atoms with E-state index in [1.54, 1.807) is 11.7 Å². The highest BCUT2D eigenvalue weighted by Crippen LogP contribution is 2.38. The van der Waals surface area contributed by atoms with Crippen LogP contribution in [0.15, 0.2) is 23.7 Å². The van der Waals surface area contributed by atoms with E-state index in [0.29, 0.717) is 29.8 Å². The summed E-state index contributed by atoms with van der Waals surface area (Å²) in [5.74, 6) is -2.22. The van der Waals surface area contributed by atoms with Crippen molar-refractivity contribution in [2.75, 3.05) is 32.2 Å². The van der Waals surface area contributed by atoms with Crippen molar-refractivity contribution in [2.24, 2.45) is 12.8 Å². The van der Waals surface area contributed by atoms with E-state index in [4.69, 9.17) is 19.9 Å². The normalized spacial score (nSPS) is 23.4. The van der Waals surface area contributed by atoms with Gasteiger partial charge in [-0.2, -0.15) is 5.10 Å². The Labute approximate surface area is 214 Å². The number of nitrogens with one attached hydrogen (secondary N) is 1. The molecular formula is C24H26F3N5O4S. The van der Waals surface area contributed by atoms with Crippen molar-refractivity contribution >= 4 is 22.9 Å². The monoisotopic (exact) mass is 537 g/mol. The highest BCUT2D eigenvalue weighted by Gasteiger charge is 2.42. The lowest BCUT2D eigenvalue weighted by Crippen LogP contribution is -2.48. The third-order valence-corrected chi connectivity index (χ3v) is 7.66. The number of nitrogens with zero attached hydrogens (tertiary/aromatic N) is 3. The van der Waals surface area contributed by atoms with E-state index >= 15 is 0 Å². The molecule has 3 aromatic rings. The predicted octanol–water partition coefficient (Wildman–Crippen LogP) is 3.46. The van der Waals surface area contributed by atoms with Gasteiger partial charge in [0, 0.05) is 25.6 Å². The van der Waals surface area contributed by atoms with Gasteiger partial charge in [-0.25, -0.2) is 18.2 Å². The van der Waals surface area contributed by atoms with Crippen molar-refractivity contribution in [1.29, 1.82) is 0 Å². The van der Waals surface area contributed by atoms with Crippen LogP contribution in [-0.2, 0) is 26.9 Å². The van der Waals surface area contributed by atoms with Gasteiger partial charge in [-0.05, 0) is 30.5 Å². The Morgan fingerprint density at radius 3 is 2.68 bits per heavy atom. The molecule has 0 unspecified atom stereocenters. The maximum absolute atomic E-state index is 15.0. The summed E-state index contributed by atoms with van der Waals surface area (Å²) in [5, 5.41) is 8.36. The lowest BCUT2D eigenvalue weighted by atomic mass is 9.90. The minimum absolute atomic E-state index is 0.0181. The van der Waals surface area contributed by atoms with E-state index in [0.717, 1.165) is 11.3 Å².